The van der Waals surface area contributed by atoms with Gasteiger partial charge in [-0.25, -0.2) is 0 Å². The van der Waals surface area contributed by atoms with Gasteiger partial charge in [-0.2, -0.15) is 0 Å². The molecule has 1 amide bonds. The van der Waals surface area contributed by atoms with Crippen molar-refractivity contribution in [3.63, 3.8) is 0 Å². The normalized spacial score (nSPS) is 26.8. The Morgan fingerprint density at radius 1 is 1.15 bits per heavy atom. The van der Waals surface area contributed by atoms with Crippen molar-refractivity contribution in [2.45, 2.75) is 52.5 Å². The first-order valence-electron chi connectivity index (χ1n) is 7.24. The van der Waals surface area contributed by atoms with Gasteiger partial charge in [0.05, 0.1) is 12.0 Å². The molecule has 0 aromatic rings. The highest BCUT2D eigenvalue weighted by atomic mass is 16.5. The molecule has 0 radical (unpaired) electrons. The molecular formula is C15H25NO4. The molecule has 20 heavy (non-hydrogen) atoms. The third kappa shape index (κ3) is 2.43. The summed E-state index contributed by atoms with van der Waals surface area (Å²) >= 11 is 0. The molecule has 2 fully saturated rings. The lowest BCUT2D eigenvalue weighted by molar-refractivity contribution is -0.140. The summed E-state index contributed by atoms with van der Waals surface area (Å²) in [6.07, 6.45) is 1.10. The van der Waals surface area contributed by atoms with Crippen molar-refractivity contribution >= 4 is 11.9 Å². The third-order valence-electron chi connectivity index (χ3n) is 5.61. The van der Waals surface area contributed by atoms with Crippen molar-refractivity contribution in [2.24, 2.45) is 16.7 Å². The lowest BCUT2D eigenvalue weighted by Gasteiger charge is -2.37. The Morgan fingerprint density at radius 2 is 1.65 bits per heavy atom. The van der Waals surface area contributed by atoms with Crippen LogP contribution in [0.5, 0.6) is 0 Å². The number of carboxylic acid groups (broad SMARTS) is 1. The van der Waals surface area contributed by atoms with E-state index in [0.29, 0.717) is 26.1 Å². The first-order valence-corrected chi connectivity index (χ1v) is 7.24. The van der Waals surface area contributed by atoms with E-state index < -0.39 is 11.5 Å². The predicted octanol–water partition coefficient (Wildman–Crippen LogP) is 1.81. The summed E-state index contributed by atoms with van der Waals surface area (Å²) in [7, 11) is 0. The van der Waals surface area contributed by atoms with E-state index >= 15 is 0 Å². The molecule has 0 spiro atoms. The molecule has 1 saturated carbocycles. The highest BCUT2D eigenvalue weighted by Crippen LogP contribution is 2.68. The number of ether oxygens (including phenoxy) is 1. The first kappa shape index (κ1) is 15.3. The highest BCUT2D eigenvalue weighted by molar-refractivity contribution is 5.85. The van der Waals surface area contributed by atoms with Crippen LogP contribution >= 0.6 is 0 Å². The molecule has 1 aliphatic heterocycles. The fourth-order valence-corrected chi connectivity index (χ4v) is 3.58. The molecule has 0 bridgehead atoms. The Bertz CT molecular complexity index is 408. The Hall–Kier alpha value is -1.10. The van der Waals surface area contributed by atoms with E-state index in [4.69, 9.17) is 9.84 Å². The van der Waals surface area contributed by atoms with E-state index in [2.05, 4.69) is 33.0 Å². The Morgan fingerprint density at radius 3 is 2.05 bits per heavy atom. The smallest absolute Gasteiger partial charge is 0.305 e. The molecule has 5 heteroatoms. The van der Waals surface area contributed by atoms with Crippen molar-refractivity contribution in [1.29, 1.82) is 0 Å². The zero-order valence-electron chi connectivity index (χ0n) is 12.8. The fourth-order valence-electron chi connectivity index (χ4n) is 3.58. The maximum Gasteiger partial charge on any atom is 0.305 e. The average molecular weight is 283 g/mol. The molecule has 2 N–H and O–H groups in total. The van der Waals surface area contributed by atoms with Gasteiger partial charge in [-0.05, 0) is 23.7 Å². The number of carbonyl (C=O) groups excluding carboxylic acids is 1. The second-order valence-corrected chi connectivity index (χ2v) is 7.33. The van der Waals surface area contributed by atoms with Crippen LogP contribution in [0.15, 0.2) is 0 Å². The van der Waals surface area contributed by atoms with Gasteiger partial charge in [-0.15, -0.1) is 0 Å². The van der Waals surface area contributed by atoms with Crippen LogP contribution in [0.25, 0.3) is 0 Å². The second-order valence-electron chi connectivity index (χ2n) is 7.33. The average Bonchev–Trinajstić information content (AvgIpc) is 2.68. The minimum Gasteiger partial charge on any atom is -0.481 e. The SMILES string of the molecule is CC1(C)C(C(=O)NC2(CC(=O)O)CCOCC2)C1(C)C. The highest BCUT2D eigenvalue weighted by Gasteiger charge is 2.68. The van der Waals surface area contributed by atoms with Crippen molar-refractivity contribution in [1.82, 2.24) is 5.32 Å². The molecule has 2 rings (SSSR count). The van der Waals surface area contributed by atoms with E-state index in [0.717, 1.165) is 0 Å². The Balaban J connectivity index is 2.09. The van der Waals surface area contributed by atoms with E-state index in [1.54, 1.807) is 0 Å². The molecular weight excluding hydrogens is 258 g/mol. The molecule has 5 nitrogen and oxygen atoms in total. The maximum atomic E-state index is 12.5. The van der Waals surface area contributed by atoms with Gasteiger partial charge < -0.3 is 15.2 Å². The zero-order valence-corrected chi connectivity index (χ0v) is 12.8. The molecule has 114 valence electrons. The van der Waals surface area contributed by atoms with Gasteiger partial charge in [0.1, 0.15) is 0 Å². The second kappa shape index (κ2) is 4.72. The van der Waals surface area contributed by atoms with Crippen LogP contribution in [0.1, 0.15) is 47.0 Å². The standard InChI is InChI=1S/C15H25NO4/c1-13(2)11(14(13,3)4)12(19)16-15(9-10(17)18)5-7-20-8-6-15/h11H,5-9H2,1-4H3,(H,16,19)(H,17,18). The molecule has 0 atom stereocenters. The summed E-state index contributed by atoms with van der Waals surface area (Å²) in [5.74, 6) is -0.937. The van der Waals surface area contributed by atoms with Crippen LogP contribution in [-0.2, 0) is 14.3 Å². The van der Waals surface area contributed by atoms with Crippen LogP contribution < -0.4 is 5.32 Å². The van der Waals surface area contributed by atoms with Gasteiger partial charge in [-0.3, -0.25) is 9.59 Å². The lowest BCUT2D eigenvalue weighted by atomic mass is 9.86. The van der Waals surface area contributed by atoms with Crippen LogP contribution in [0.3, 0.4) is 0 Å². The van der Waals surface area contributed by atoms with Gasteiger partial charge in [0.15, 0.2) is 0 Å². The predicted molar refractivity (Wildman–Crippen MR) is 74.2 cm³/mol. The van der Waals surface area contributed by atoms with Gasteiger partial charge in [0.2, 0.25) is 5.91 Å². The molecule has 1 aliphatic carbocycles. The van der Waals surface area contributed by atoms with Crippen LogP contribution in [0.4, 0.5) is 0 Å². The summed E-state index contributed by atoms with van der Waals surface area (Å²) in [5.41, 5.74) is -0.713. The first-order chi connectivity index (χ1) is 9.12. The number of rotatable bonds is 4. The van der Waals surface area contributed by atoms with Crippen LogP contribution in [-0.4, -0.2) is 35.7 Å². The van der Waals surface area contributed by atoms with Gasteiger partial charge in [-0.1, -0.05) is 27.7 Å². The van der Waals surface area contributed by atoms with Gasteiger partial charge in [0, 0.05) is 19.1 Å². The van der Waals surface area contributed by atoms with E-state index in [1.807, 2.05) is 0 Å². The minimum absolute atomic E-state index is 0.0110. The number of carboxylic acids is 1. The van der Waals surface area contributed by atoms with Crippen LogP contribution in [0.2, 0.25) is 0 Å². The van der Waals surface area contributed by atoms with E-state index in [9.17, 15) is 9.59 Å². The van der Waals surface area contributed by atoms with Crippen molar-refractivity contribution < 1.29 is 19.4 Å². The van der Waals surface area contributed by atoms with E-state index in [1.165, 1.54) is 0 Å². The van der Waals surface area contributed by atoms with Gasteiger partial charge in [0.25, 0.3) is 0 Å². The number of amides is 1. The zero-order chi connectivity index (χ0) is 15.2. The topological polar surface area (TPSA) is 75.6 Å². The Kier molecular flexibility index (Phi) is 3.61. The number of aliphatic carboxylic acids is 1. The lowest BCUT2D eigenvalue weighted by Crippen LogP contribution is -2.54. The molecule has 0 aromatic heterocycles. The molecule has 1 heterocycles. The number of hydrogen-bond donors (Lipinski definition) is 2. The number of nitrogens with one attached hydrogen (secondary N) is 1. The number of carbonyl (C=O) groups is 2. The summed E-state index contributed by atoms with van der Waals surface area (Å²) < 4.78 is 5.30. The summed E-state index contributed by atoms with van der Waals surface area (Å²) in [5, 5.41) is 12.1. The Labute approximate surface area is 120 Å². The largest absolute Gasteiger partial charge is 0.481 e. The van der Waals surface area contributed by atoms with Crippen molar-refractivity contribution in [3.05, 3.63) is 0 Å². The molecule has 1 saturated heterocycles. The third-order valence-corrected chi connectivity index (χ3v) is 5.61. The fraction of sp³-hybridized carbons (Fsp3) is 0.867. The van der Waals surface area contributed by atoms with Crippen molar-refractivity contribution in [2.75, 3.05) is 13.2 Å². The molecule has 2 aliphatic rings. The van der Waals surface area contributed by atoms with Crippen molar-refractivity contribution in [3.8, 4) is 0 Å². The van der Waals surface area contributed by atoms with E-state index in [-0.39, 0.29) is 29.1 Å². The summed E-state index contributed by atoms with van der Waals surface area (Å²) in [6.45, 7) is 9.36. The monoisotopic (exact) mass is 283 g/mol. The molecule has 0 unspecified atom stereocenters. The summed E-state index contributed by atoms with van der Waals surface area (Å²) in [4.78, 5) is 23.6. The maximum absolute atomic E-state index is 12.5. The quantitative estimate of drug-likeness (QED) is 0.825. The minimum atomic E-state index is -0.874. The molecule has 0 aromatic carbocycles. The number of hydrogen-bond acceptors (Lipinski definition) is 3. The van der Waals surface area contributed by atoms with Gasteiger partial charge >= 0.3 is 5.97 Å². The van der Waals surface area contributed by atoms with Crippen LogP contribution in [0, 0.1) is 16.7 Å². The summed E-state index contributed by atoms with van der Waals surface area (Å²) in [6, 6.07) is 0.